The fourth-order valence-corrected chi connectivity index (χ4v) is 8.79. The van der Waals surface area contributed by atoms with Crippen LogP contribution in [0.5, 0.6) is 0 Å². The molecule has 0 radical (unpaired) electrons. The normalized spacial score (nSPS) is 18.6. The third kappa shape index (κ3) is 42.5. The van der Waals surface area contributed by atoms with Gasteiger partial charge in [-0.05, 0) is 89.9 Å². The van der Waals surface area contributed by atoms with E-state index in [1.807, 2.05) is 12.2 Å². The molecule has 1 aliphatic rings. The Kier molecular flexibility index (Phi) is 48.4. The van der Waals surface area contributed by atoms with Gasteiger partial charge in [0.25, 0.3) is 0 Å². The Morgan fingerprint density at radius 1 is 0.442 bits per heavy atom. The molecule has 0 aliphatic carbocycles. The van der Waals surface area contributed by atoms with Gasteiger partial charge in [0.05, 0.1) is 6.61 Å². The SMILES string of the molecule is CC/C=C\C/C=C\C/C=C\C/C=C\C/C=C\CCCC(=O)OC1C(OCC(COC(=O)CCCCCCC/C=C\C/C=C\CCCCC)OC(=O)CCCCCCCCCCCCCCCCC)OC(C(=O)O)C(O)C1O. The van der Waals surface area contributed by atoms with Gasteiger partial charge < -0.3 is 39.0 Å². The molecule has 0 saturated carbocycles. The molecule has 6 unspecified atom stereocenters. The molecule has 0 aromatic carbocycles. The molecule has 0 bridgehead atoms. The van der Waals surface area contributed by atoms with E-state index in [0.717, 1.165) is 96.3 Å². The number of aliphatic hydroxyl groups excluding tert-OH is 2. The number of carbonyl (C=O) groups excluding carboxylic acids is 3. The van der Waals surface area contributed by atoms with E-state index in [-0.39, 0.29) is 25.9 Å². The molecule has 0 aromatic heterocycles. The van der Waals surface area contributed by atoms with E-state index in [4.69, 9.17) is 23.7 Å². The largest absolute Gasteiger partial charge is 0.479 e. The van der Waals surface area contributed by atoms with Crippen molar-refractivity contribution in [3.63, 3.8) is 0 Å². The number of rotatable bonds is 51. The molecular weight excluding hydrogens is 973 g/mol. The van der Waals surface area contributed by atoms with Gasteiger partial charge in [-0.1, -0.05) is 228 Å². The standard InChI is InChI=1S/C65H108O12/c1-4-7-10-13-16-19-22-25-28-29-32-35-38-41-44-47-50-53-59(68)76-63-61(70)60(69)62(64(71)72)77-65(63)74-55-56(75-58(67)52-49-46-43-40-37-34-31-27-24-21-18-15-12-9-6-3)54-73-57(66)51-48-45-42-39-36-33-30-26-23-20-17-14-11-8-5-2/h7,10,16-17,19-20,25-26,28,30,32,35,41,44,56,60-63,65,69-70H,4-6,8-9,11-15,18,21-24,27,29,31,33-34,36-40,42-43,45-55H2,1-3H3,(H,71,72)/b10-7-,19-16-,20-17-,28-25-,30-26-,35-32-,44-41-. The smallest absolute Gasteiger partial charge is 0.335 e. The quantitative estimate of drug-likeness (QED) is 0.0228. The van der Waals surface area contributed by atoms with E-state index in [9.17, 15) is 34.5 Å². The van der Waals surface area contributed by atoms with Gasteiger partial charge in [-0.15, -0.1) is 0 Å². The Balaban J connectivity index is 2.73. The number of unbranched alkanes of at least 4 members (excludes halogenated alkanes) is 23. The summed E-state index contributed by atoms with van der Waals surface area (Å²) in [5.41, 5.74) is 0. The summed E-state index contributed by atoms with van der Waals surface area (Å²) < 4.78 is 28.4. The second-order valence-corrected chi connectivity index (χ2v) is 20.6. The van der Waals surface area contributed by atoms with Crippen LogP contribution in [0.1, 0.15) is 252 Å². The second kappa shape index (κ2) is 52.6. The van der Waals surface area contributed by atoms with Gasteiger partial charge in [0.2, 0.25) is 0 Å². The Morgan fingerprint density at radius 3 is 1.31 bits per heavy atom. The van der Waals surface area contributed by atoms with Crippen LogP contribution in [-0.4, -0.2) is 89.2 Å². The minimum absolute atomic E-state index is 0.0209. The summed E-state index contributed by atoms with van der Waals surface area (Å²) in [7, 11) is 0. The second-order valence-electron chi connectivity index (χ2n) is 20.6. The Hall–Kier alpha value is -4.10. The molecule has 77 heavy (non-hydrogen) atoms. The number of hydrogen-bond acceptors (Lipinski definition) is 11. The minimum atomic E-state index is -1.93. The van der Waals surface area contributed by atoms with E-state index < -0.39 is 67.3 Å². The van der Waals surface area contributed by atoms with Gasteiger partial charge in [-0.2, -0.15) is 0 Å². The maximum Gasteiger partial charge on any atom is 0.335 e. The lowest BCUT2D eigenvalue weighted by atomic mass is 9.98. The summed E-state index contributed by atoms with van der Waals surface area (Å²) >= 11 is 0. The zero-order chi connectivity index (χ0) is 56.1. The highest BCUT2D eigenvalue weighted by Crippen LogP contribution is 2.26. The number of aliphatic hydroxyl groups is 2. The highest BCUT2D eigenvalue weighted by molar-refractivity contribution is 5.74. The fourth-order valence-electron chi connectivity index (χ4n) is 8.79. The Labute approximate surface area is 467 Å². The first-order valence-electron chi connectivity index (χ1n) is 30.6. The van der Waals surface area contributed by atoms with Gasteiger partial charge in [-0.25, -0.2) is 4.79 Å². The molecule has 3 N–H and O–H groups in total. The van der Waals surface area contributed by atoms with E-state index in [2.05, 4.69) is 93.7 Å². The molecule has 0 amide bonds. The number of hydrogen-bond donors (Lipinski definition) is 3. The van der Waals surface area contributed by atoms with Crippen LogP contribution in [0.4, 0.5) is 0 Å². The van der Waals surface area contributed by atoms with Gasteiger partial charge in [0, 0.05) is 19.3 Å². The number of esters is 3. The summed E-state index contributed by atoms with van der Waals surface area (Å²) in [4.78, 5) is 51.2. The lowest BCUT2D eigenvalue weighted by Crippen LogP contribution is -2.61. The first kappa shape index (κ1) is 70.9. The number of carboxylic acid groups (broad SMARTS) is 1. The molecule has 0 spiro atoms. The third-order valence-corrected chi connectivity index (χ3v) is 13.5. The number of carboxylic acids is 1. The zero-order valence-corrected chi connectivity index (χ0v) is 48.4. The first-order valence-corrected chi connectivity index (χ1v) is 30.6. The molecule has 440 valence electrons. The first-order chi connectivity index (χ1) is 37.6. The van der Waals surface area contributed by atoms with Crippen molar-refractivity contribution < 1.29 is 58.2 Å². The average Bonchev–Trinajstić information content (AvgIpc) is 3.43. The fraction of sp³-hybridized carbons (Fsp3) is 0.723. The third-order valence-electron chi connectivity index (χ3n) is 13.5. The van der Waals surface area contributed by atoms with Crippen molar-refractivity contribution in [2.45, 2.75) is 289 Å². The van der Waals surface area contributed by atoms with Crippen molar-refractivity contribution >= 4 is 23.9 Å². The zero-order valence-electron chi connectivity index (χ0n) is 48.4. The monoisotopic (exact) mass is 1080 g/mol. The number of ether oxygens (including phenoxy) is 5. The van der Waals surface area contributed by atoms with E-state index in [1.165, 1.54) is 89.9 Å². The van der Waals surface area contributed by atoms with Gasteiger partial charge >= 0.3 is 23.9 Å². The van der Waals surface area contributed by atoms with Gasteiger partial charge in [0.15, 0.2) is 24.6 Å². The van der Waals surface area contributed by atoms with Crippen molar-refractivity contribution in [2.75, 3.05) is 13.2 Å². The Morgan fingerprint density at radius 2 is 0.831 bits per heavy atom. The lowest BCUT2D eigenvalue weighted by Gasteiger charge is -2.40. The van der Waals surface area contributed by atoms with Crippen LogP contribution in [0, 0.1) is 0 Å². The summed E-state index contributed by atoms with van der Waals surface area (Å²) in [6, 6.07) is 0. The number of carbonyl (C=O) groups is 4. The van der Waals surface area contributed by atoms with Crippen LogP contribution in [-0.2, 0) is 42.9 Å². The molecule has 0 aromatic rings. The van der Waals surface area contributed by atoms with Gasteiger partial charge in [-0.3, -0.25) is 14.4 Å². The molecule has 1 saturated heterocycles. The van der Waals surface area contributed by atoms with Crippen molar-refractivity contribution in [1.29, 1.82) is 0 Å². The molecule has 1 fully saturated rings. The van der Waals surface area contributed by atoms with Crippen LogP contribution in [0.2, 0.25) is 0 Å². The van der Waals surface area contributed by atoms with Crippen LogP contribution < -0.4 is 0 Å². The van der Waals surface area contributed by atoms with Crippen LogP contribution in [0.3, 0.4) is 0 Å². The van der Waals surface area contributed by atoms with Crippen molar-refractivity contribution in [1.82, 2.24) is 0 Å². The predicted molar refractivity (Wildman–Crippen MR) is 312 cm³/mol. The maximum absolute atomic E-state index is 13.2. The molecule has 12 nitrogen and oxygen atoms in total. The highest BCUT2D eigenvalue weighted by atomic mass is 16.7. The van der Waals surface area contributed by atoms with Crippen LogP contribution in [0.25, 0.3) is 0 Å². The molecule has 6 atom stereocenters. The van der Waals surface area contributed by atoms with Crippen molar-refractivity contribution in [3.8, 4) is 0 Å². The van der Waals surface area contributed by atoms with Gasteiger partial charge in [0.1, 0.15) is 18.8 Å². The Bertz CT molecular complexity index is 1660. The summed E-state index contributed by atoms with van der Waals surface area (Å²) in [6.45, 7) is 5.83. The molecule has 1 rings (SSSR count). The lowest BCUT2D eigenvalue weighted by molar-refractivity contribution is -0.301. The van der Waals surface area contributed by atoms with E-state index in [1.54, 1.807) is 0 Å². The van der Waals surface area contributed by atoms with Crippen LogP contribution in [0.15, 0.2) is 85.1 Å². The summed E-state index contributed by atoms with van der Waals surface area (Å²) in [5.74, 6) is -3.21. The van der Waals surface area contributed by atoms with Crippen LogP contribution >= 0.6 is 0 Å². The predicted octanol–water partition coefficient (Wildman–Crippen LogP) is 15.9. The number of aliphatic carboxylic acids is 1. The maximum atomic E-state index is 13.2. The number of allylic oxidation sites excluding steroid dienone is 14. The minimum Gasteiger partial charge on any atom is -0.479 e. The molecule has 1 aliphatic heterocycles. The summed E-state index contributed by atoms with van der Waals surface area (Å²) in [6.07, 6.45) is 55.5. The summed E-state index contributed by atoms with van der Waals surface area (Å²) in [5, 5.41) is 31.5. The van der Waals surface area contributed by atoms with E-state index >= 15 is 0 Å². The molecular formula is C65H108O12. The van der Waals surface area contributed by atoms with Crippen molar-refractivity contribution in [2.24, 2.45) is 0 Å². The molecule has 1 heterocycles. The average molecular weight is 1080 g/mol. The van der Waals surface area contributed by atoms with E-state index in [0.29, 0.717) is 25.7 Å². The molecule has 12 heteroatoms. The highest BCUT2D eigenvalue weighted by Gasteiger charge is 2.50. The van der Waals surface area contributed by atoms with Crippen molar-refractivity contribution in [3.05, 3.63) is 85.1 Å². The topological polar surface area (TPSA) is 175 Å².